The molecule has 1 heterocycles. The molecule has 0 atom stereocenters. The third-order valence-electron chi connectivity index (χ3n) is 4.85. The van der Waals surface area contributed by atoms with Gasteiger partial charge in [0.1, 0.15) is 11.5 Å². The first-order valence-electron chi connectivity index (χ1n) is 10.1. The summed E-state index contributed by atoms with van der Waals surface area (Å²) in [6.07, 6.45) is 0. The predicted molar refractivity (Wildman–Crippen MR) is 136 cm³/mol. The van der Waals surface area contributed by atoms with Crippen LogP contribution in [0.15, 0.2) is 71.9 Å². The number of rotatable bonds is 8. The van der Waals surface area contributed by atoms with Gasteiger partial charge in [0.25, 0.3) is 0 Å². The number of anilines is 1. The van der Waals surface area contributed by atoms with Gasteiger partial charge in [0, 0.05) is 22.3 Å². The number of hydrogen-bond acceptors (Lipinski definition) is 6. The van der Waals surface area contributed by atoms with Gasteiger partial charge < -0.3 is 14.8 Å². The highest BCUT2D eigenvalue weighted by Gasteiger charge is 2.19. The van der Waals surface area contributed by atoms with Crippen molar-refractivity contribution in [2.75, 3.05) is 25.3 Å². The zero-order valence-corrected chi connectivity index (χ0v) is 20.6. The predicted octanol–water partition coefficient (Wildman–Crippen LogP) is 5.99. The molecule has 1 amide bonds. The smallest absolute Gasteiger partial charge is 0.234 e. The Labute approximate surface area is 211 Å². The number of ether oxygens (including phenoxy) is 2. The van der Waals surface area contributed by atoms with E-state index in [4.69, 9.17) is 32.7 Å². The van der Waals surface area contributed by atoms with Crippen molar-refractivity contribution in [3.63, 3.8) is 0 Å². The van der Waals surface area contributed by atoms with E-state index in [0.29, 0.717) is 38.2 Å². The molecule has 0 aliphatic carbocycles. The van der Waals surface area contributed by atoms with E-state index in [1.807, 2.05) is 34.9 Å². The Kier molecular flexibility index (Phi) is 7.62. The topological polar surface area (TPSA) is 78.3 Å². The summed E-state index contributed by atoms with van der Waals surface area (Å²) in [5.41, 5.74) is 2.07. The van der Waals surface area contributed by atoms with Crippen LogP contribution >= 0.6 is 35.0 Å². The number of halogens is 2. The van der Waals surface area contributed by atoms with Crippen LogP contribution in [0.5, 0.6) is 11.5 Å². The van der Waals surface area contributed by atoms with Crippen LogP contribution in [0, 0.1) is 0 Å². The van der Waals surface area contributed by atoms with Crippen molar-refractivity contribution in [3.8, 4) is 28.6 Å². The quantitative estimate of drug-likeness (QED) is 0.291. The van der Waals surface area contributed by atoms with Gasteiger partial charge in [-0.25, -0.2) is 0 Å². The Morgan fingerprint density at radius 1 is 1.00 bits per heavy atom. The maximum atomic E-state index is 12.7. The summed E-state index contributed by atoms with van der Waals surface area (Å²) < 4.78 is 12.4. The molecule has 1 N–H and O–H groups in total. The second kappa shape index (κ2) is 10.8. The normalized spacial score (nSPS) is 10.7. The minimum Gasteiger partial charge on any atom is -0.497 e. The SMILES string of the molecule is COc1ccc(NC(=O)CSc2nnc(-c3ccccc3Cl)n2-c2ccc(Cl)cc2)c(OC)c1. The standard InChI is InChI=1S/C24H20Cl2N4O3S/c1-32-17-11-12-20(21(13-17)33-2)27-22(31)14-34-24-29-28-23(18-5-3-4-6-19(18)26)30(24)16-9-7-15(25)8-10-16/h3-13H,14H2,1-2H3,(H,27,31). The number of carbonyl (C=O) groups excluding carboxylic acids is 1. The van der Waals surface area contributed by atoms with Gasteiger partial charge in [-0.1, -0.05) is 47.1 Å². The average molecular weight is 515 g/mol. The number of nitrogens with zero attached hydrogens (tertiary/aromatic N) is 3. The van der Waals surface area contributed by atoms with E-state index < -0.39 is 0 Å². The fourth-order valence-electron chi connectivity index (χ4n) is 3.22. The summed E-state index contributed by atoms with van der Waals surface area (Å²) in [6, 6.07) is 19.9. The number of methoxy groups -OCH3 is 2. The summed E-state index contributed by atoms with van der Waals surface area (Å²) in [5, 5.41) is 13.2. The maximum absolute atomic E-state index is 12.7. The Morgan fingerprint density at radius 2 is 1.76 bits per heavy atom. The van der Waals surface area contributed by atoms with Gasteiger partial charge in [-0.3, -0.25) is 9.36 Å². The molecular formula is C24H20Cl2N4O3S. The van der Waals surface area contributed by atoms with Gasteiger partial charge in [0.15, 0.2) is 11.0 Å². The first-order valence-corrected chi connectivity index (χ1v) is 11.8. The fraction of sp³-hybridized carbons (Fsp3) is 0.125. The molecule has 1 aromatic heterocycles. The van der Waals surface area contributed by atoms with Crippen molar-refractivity contribution in [2.24, 2.45) is 0 Å². The minimum atomic E-state index is -0.224. The third-order valence-corrected chi connectivity index (χ3v) is 6.36. The number of thioether (sulfide) groups is 1. The van der Waals surface area contributed by atoms with Gasteiger partial charge in [-0.15, -0.1) is 10.2 Å². The van der Waals surface area contributed by atoms with Crippen LogP contribution in [-0.2, 0) is 4.79 Å². The molecule has 174 valence electrons. The van der Waals surface area contributed by atoms with Crippen LogP contribution in [0.25, 0.3) is 17.1 Å². The highest BCUT2D eigenvalue weighted by atomic mass is 35.5. The van der Waals surface area contributed by atoms with E-state index in [0.717, 1.165) is 11.3 Å². The molecule has 0 bridgehead atoms. The molecule has 0 saturated heterocycles. The molecule has 34 heavy (non-hydrogen) atoms. The lowest BCUT2D eigenvalue weighted by Gasteiger charge is -2.13. The van der Waals surface area contributed by atoms with E-state index in [1.165, 1.54) is 18.9 Å². The van der Waals surface area contributed by atoms with Gasteiger partial charge >= 0.3 is 0 Å². The second-order valence-corrected chi connectivity index (χ2v) is 8.79. The van der Waals surface area contributed by atoms with Gasteiger partial charge in [0.2, 0.25) is 5.91 Å². The van der Waals surface area contributed by atoms with Gasteiger partial charge in [-0.2, -0.15) is 0 Å². The monoisotopic (exact) mass is 514 g/mol. The summed E-state index contributed by atoms with van der Waals surface area (Å²) in [7, 11) is 3.10. The van der Waals surface area contributed by atoms with Gasteiger partial charge in [-0.05, 0) is 48.5 Å². The number of amides is 1. The molecule has 0 spiro atoms. The largest absolute Gasteiger partial charge is 0.497 e. The molecule has 7 nitrogen and oxygen atoms in total. The first-order chi connectivity index (χ1) is 16.5. The van der Waals surface area contributed by atoms with E-state index in [9.17, 15) is 4.79 Å². The van der Waals surface area contributed by atoms with E-state index in [-0.39, 0.29) is 11.7 Å². The third kappa shape index (κ3) is 5.30. The lowest BCUT2D eigenvalue weighted by molar-refractivity contribution is -0.113. The Bertz CT molecular complexity index is 1310. The molecule has 0 unspecified atom stereocenters. The van der Waals surface area contributed by atoms with Gasteiger partial charge in [0.05, 0.1) is 30.7 Å². The van der Waals surface area contributed by atoms with Crippen molar-refractivity contribution in [1.82, 2.24) is 14.8 Å². The number of hydrogen-bond donors (Lipinski definition) is 1. The van der Waals surface area contributed by atoms with Crippen molar-refractivity contribution in [3.05, 3.63) is 76.8 Å². The van der Waals surface area contributed by atoms with E-state index >= 15 is 0 Å². The summed E-state index contributed by atoms with van der Waals surface area (Å²) in [5.74, 6) is 1.57. The van der Waals surface area contributed by atoms with Crippen LogP contribution in [0.4, 0.5) is 5.69 Å². The summed E-state index contributed by atoms with van der Waals surface area (Å²) in [4.78, 5) is 12.7. The zero-order chi connectivity index (χ0) is 24.1. The lowest BCUT2D eigenvalue weighted by atomic mass is 10.2. The molecule has 0 aliphatic heterocycles. The van der Waals surface area contributed by atoms with E-state index in [2.05, 4.69) is 15.5 Å². The first kappa shape index (κ1) is 23.9. The minimum absolute atomic E-state index is 0.101. The summed E-state index contributed by atoms with van der Waals surface area (Å²) >= 11 is 13.8. The highest BCUT2D eigenvalue weighted by Crippen LogP contribution is 2.33. The maximum Gasteiger partial charge on any atom is 0.234 e. The number of aromatic nitrogens is 3. The number of carbonyl (C=O) groups is 1. The Balaban J connectivity index is 1.59. The molecule has 4 aromatic rings. The number of benzene rings is 3. The lowest BCUT2D eigenvalue weighted by Crippen LogP contribution is -2.15. The van der Waals surface area contributed by atoms with Crippen LogP contribution in [-0.4, -0.2) is 40.6 Å². The van der Waals surface area contributed by atoms with Crippen LogP contribution in [0.1, 0.15) is 0 Å². The molecular weight excluding hydrogens is 495 g/mol. The van der Waals surface area contributed by atoms with Crippen molar-refractivity contribution in [2.45, 2.75) is 5.16 Å². The molecule has 0 aliphatic rings. The number of nitrogens with one attached hydrogen (secondary N) is 1. The van der Waals surface area contributed by atoms with Crippen LogP contribution < -0.4 is 14.8 Å². The zero-order valence-electron chi connectivity index (χ0n) is 18.3. The van der Waals surface area contributed by atoms with Crippen LogP contribution in [0.2, 0.25) is 10.0 Å². The fourth-order valence-corrected chi connectivity index (χ4v) is 4.32. The summed E-state index contributed by atoms with van der Waals surface area (Å²) in [6.45, 7) is 0. The van der Waals surface area contributed by atoms with E-state index in [1.54, 1.807) is 43.5 Å². The molecule has 10 heteroatoms. The molecule has 3 aromatic carbocycles. The van der Waals surface area contributed by atoms with Crippen molar-refractivity contribution >= 4 is 46.6 Å². The molecule has 0 saturated carbocycles. The van der Waals surface area contributed by atoms with Crippen molar-refractivity contribution < 1.29 is 14.3 Å². The van der Waals surface area contributed by atoms with Crippen LogP contribution in [0.3, 0.4) is 0 Å². The second-order valence-electron chi connectivity index (χ2n) is 7.00. The highest BCUT2D eigenvalue weighted by molar-refractivity contribution is 7.99. The molecule has 0 fully saturated rings. The van der Waals surface area contributed by atoms with Crippen molar-refractivity contribution in [1.29, 1.82) is 0 Å². The average Bonchev–Trinajstić information content (AvgIpc) is 3.27. The molecule has 0 radical (unpaired) electrons. The Morgan fingerprint density at radius 3 is 2.47 bits per heavy atom. The Hall–Kier alpha value is -3.20. The molecule has 4 rings (SSSR count).